The lowest BCUT2D eigenvalue weighted by atomic mass is 10.1. The van der Waals surface area contributed by atoms with Crippen molar-refractivity contribution >= 4 is 50.7 Å². The third kappa shape index (κ3) is 8.18. The number of nitrogens with one attached hydrogen (secondary N) is 1. The van der Waals surface area contributed by atoms with Crippen molar-refractivity contribution < 1.29 is 18.0 Å². The van der Waals surface area contributed by atoms with Crippen LogP contribution in [0.2, 0.25) is 10.0 Å². The topological polar surface area (TPSA) is 86.8 Å². The molecular formula is C24H31Cl2N3O4S. The number of halogens is 2. The molecule has 1 atom stereocenters. The van der Waals surface area contributed by atoms with Gasteiger partial charge in [-0.15, -0.1) is 0 Å². The Morgan fingerprint density at radius 1 is 1.03 bits per heavy atom. The first-order chi connectivity index (χ1) is 16.1. The quantitative estimate of drug-likeness (QED) is 0.449. The maximum Gasteiger partial charge on any atom is 0.244 e. The summed E-state index contributed by atoms with van der Waals surface area (Å²) < 4.78 is 26.2. The van der Waals surface area contributed by atoms with Crippen molar-refractivity contribution in [3.05, 3.63) is 64.1 Å². The third-order valence-corrected chi connectivity index (χ3v) is 6.81. The molecule has 10 heteroatoms. The van der Waals surface area contributed by atoms with Gasteiger partial charge in [-0.2, -0.15) is 0 Å². The number of rotatable bonds is 12. The fourth-order valence-electron chi connectivity index (χ4n) is 3.56. The molecule has 0 radical (unpaired) electrons. The lowest BCUT2D eigenvalue weighted by molar-refractivity contribution is -0.139. The average Bonchev–Trinajstić information content (AvgIpc) is 2.77. The number of hydrogen-bond acceptors (Lipinski definition) is 4. The van der Waals surface area contributed by atoms with E-state index >= 15 is 0 Å². The van der Waals surface area contributed by atoms with Crippen LogP contribution in [0.3, 0.4) is 0 Å². The smallest absolute Gasteiger partial charge is 0.244 e. The number of hydrogen-bond donors (Lipinski definition) is 1. The molecule has 0 spiro atoms. The maximum atomic E-state index is 13.5. The Labute approximate surface area is 212 Å². The minimum absolute atomic E-state index is 0.180. The summed E-state index contributed by atoms with van der Waals surface area (Å²) in [5, 5.41) is 3.34. The summed E-state index contributed by atoms with van der Waals surface area (Å²) in [5.74, 6) is -0.751. The number of amides is 2. The molecule has 0 aliphatic rings. The van der Waals surface area contributed by atoms with E-state index in [0.29, 0.717) is 19.4 Å². The molecule has 0 fully saturated rings. The van der Waals surface area contributed by atoms with Gasteiger partial charge in [-0.25, -0.2) is 8.42 Å². The van der Waals surface area contributed by atoms with Crippen molar-refractivity contribution in [1.82, 2.24) is 10.2 Å². The Morgan fingerprint density at radius 2 is 1.65 bits per heavy atom. The lowest BCUT2D eigenvalue weighted by Crippen LogP contribution is -2.53. The van der Waals surface area contributed by atoms with Crippen LogP contribution >= 0.6 is 23.2 Å². The molecule has 1 N–H and O–H groups in total. The van der Waals surface area contributed by atoms with Crippen LogP contribution < -0.4 is 9.62 Å². The van der Waals surface area contributed by atoms with Gasteiger partial charge in [0.25, 0.3) is 0 Å². The maximum absolute atomic E-state index is 13.5. The molecule has 7 nitrogen and oxygen atoms in total. The zero-order valence-corrected chi connectivity index (χ0v) is 22.0. The van der Waals surface area contributed by atoms with Gasteiger partial charge < -0.3 is 10.2 Å². The lowest BCUT2D eigenvalue weighted by Gasteiger charge is -2.33. The number of anilines is 1. The van der Waals surface area contributed by atoms with Crippen molar-refractivity contribution in [2.75, 3.05) is 30.2 Å². The number of carbonyl (C=O) groups is 2. The van der Waals surface area contributed by atoms with Gasteiger partial charge in [0.05, 0.1) is 11.9 Å². The number of carbonyl (C=O) groups excluding carboxylic acids is 2. The summed E-state index contributed by atoms with van der Waals surface area (Å²) in [6.07, 6.45) is 2.68. The van der Waals surface area contributed by atoms with E-state index in [0.717, 1.165) is 22.5 Å². The van der Waals surface area contributed by atoms with Crippen LogP contribution in [0.1, 0.15) is 32.3 Å². The molecule has 0 saturated heterocycles. The van der Waals surface area contributed by atoms with Gasteiger partial charge in [0, 0.05) is 23.1 Å². The molecule has 34 heavy (non-hydrogen) atoms. The Morgan fingerprint density at radius 3 is 2.18 bits per heavy atom. The standard InChI is InChI=1S/C24H31Cl2N3O4S/c1-4-12-27-24(31)22(5-2)28(13-11-18-9-7-6-8-10-18)23(30)17-29(34(3,32)33)21-15-19(25)14-20(26)16-21/h6-10,14-16,22H,4-5,11-13,17H2,1-3H3,(H,27,31)/t22-/m1/s1. The first-order valence-electron chi connectivity index (χ1n) is 11.1. The first kappa shape index (κ1) is 28.0. The molecule has 2 aromatic rings. The van der Waals surface area contributed by atoms with Crippen molar-refractivity contribution in [2.24, 2.45) is 0 Å². The number of sulfonamides is 1. The van der Waals surface area contributed by atoms with E-state index in [2.05, 4.69) is 5.32 Å². The highest BCUT2D eigenvalue weighted by Gasteiger charge is 2.31. The van der Waals surface area contributed by atoms with E-state index in [1.165, 1.54) is 23.1 Å². The highest BCUT2D eigenvalue weighted by Crippen LogP contribution is 2.27. The third-order valence-electron chi connectivity index (χ3n) is 5.23. The van der Waals surface area contributed by atoms with E-state index in [1.807, 2.05) is 44.2 Å². The number of benzene rings is 2. The van der Waals surface area contributed by atoms with Crippen LogP contribution in [-0.2, 0) is 26.0 Å². The van der Waals surface area contributed by atoms with Gasteiger partial charge in [0.2, 0.25) is 21.8 Å². The monoisotopic (exact) mass is 527 g/mol. The Balaban J connectivity index is 2.37. The van der Waals surface area contributed by atoms with Crippen LogP contribution in [0.15, 0.2) is 48.5 Å². The van der Waals surface area contributed by atoms with Crippen LogP contribution in [-0.4, -0.2) is 57.1 Å². The molecule has 0 unspecified atom stereocenters. The molecular weight excluding hydrogens is 497 g/mol. The van der Waals surface area contributed by atoms with Crippen molar-refractivity contribution in [3.63, 3.8) is 0 Å². The predicted octanol–water partition coefficient (Wildman–Crippen LogP) is 4.14. The minimum atomic E-state index is -3.85. The highest BCUT2D eigenvalue weighted by molar-refractivity contribution is 7.92. The summed E-state index contributed by atoms with van der Waals surface area (Å²) in [5.41, 5.74) is 1.19. The van der Waals surface area contributed by atoms with E-state index in [9.17, 15) is 18.0 Å². The fraction of sp³-hybridized carbons (Fsp3) is 0.417. The average molecular weight is 529 g/mol. The highest BCUT2D eigenvalue weighted by atomic mass is 35.5. The van der Waals surface area contributed by atoms with Crippen LogP contribution in [0, 0.1) is 0 Å². The number of nitrogens with zero attached hydrogens (tertiary/aromatic N) is 2. The molecule has 0 aliphatic heterocycles. The molecule has 0 heterocycles. The van der Waals surface area contributed by atoms with Gasteiger partial charge in [-0.05, 0) is 43.0 Å². The molecule has 2 amide bonds. The second-order valence-corrected chi connectivity index (χ2v) is 10.7. The van der Waals surface area contributed by atoms with Crippen LogP contribution in [0.4, 0.5) is 5.69 Å². The molecule has 186 valence electrons. The fourth-order valence-corrected chi connectivity index (χ4v) is 4.91. The molecule has 2 aromatic carbocycles. The summed E-state index contributed by atoms with van der Waals surface area (Å²) in [6, 6.07) is 13.2. The van der Waals surface area contributed by atoms with Gasteiger partial charge in [-0.3, -0.25) is 13.9 Å². The molecule has 0 aromatic heterocycles. The summed E-state index contributed by atoms with van der Waals surface area (Å²) in [6.45, 7) is 4.03. The zero-order valence-electron chi connectivity index (χ0n) is 19.6. The zero-order chi connectivity index (χ0) is 25.3. The summed E-state index contributed by atoms with van der Waals surface area (Å²) in [4.78, 5) is 27.8. The predicted molar refractivity (Wildman–Crippen MR) is 138 cm³/mol. The SMILES string of the molecule is CCCNC(=O)[C@@H](CC)N(CCc1ccccc1)C(=O)CN(c1cc(Cl)cc(Cl)c1)S(C)(=O)=O. The summed E-state index contributed by atoms with van der Waals surface area (Å²) >= 11 is 12.1. The van der Waals surface area contributed by atoms with Crippen LogP contribution in [0.25, 0.3) is 0 Å². The minimum Gasteiger partial charge on any atom is -0.354 e. The normalized spacial score (nSPS) is 12.1. The van der Waals surface area contributed by atoms with Crippen LogP contribution in [0.5, 0.6) is 0 Å². The van der Waals surface area contributed by atoms with Crippen molar-refractivity contribution in [1.29, 1.82) is 0 Å². The van der Waals surface area contributed by atoms with E-state index in [4.69, 9.17) is 23.2 Å². The van der Waals surface area contributed by atoms with Gasteiger partial charge in [-0.1, -0.05) is 67.4 Å². The van der Waals surface area contributed by atoms with Crippen molar-refractivity contribution in [3.8, 4) is 0 Å². The molecule has 2 rings (SSSR count). The summed E-state index contributed by atoms with van der Waals surface area (Å²) in [7, 11) is -3.85. The van der Waals surface area contributed by atoms with Gasteiger partial charge in [0.1, 0.15) is 12.6 Å². The largest absolute Gasteiger partial charge is 0.354 e. The van der Waals surface area contributed by atoms with E-state index in [-0.39, 0.29) is 28.2 Å². The van der Waals surface area contributed by atoms with Gasteiger partial charge in [0.15, 0.2) is 0 Å². The second-order valence-electron chi connectivity index (χ2n) is 7.94. The Kier molecular flexibility index (Phi) is 10.7. The second kappa shape index (κ2) is 13.0. The van der Waals surface area contributed by atoms with Gasteiger partial charge >= 0.3 is 0 Å². The molecule has 0 saturated carbocycles. The Bertz CT molecular complexity index is 1060. The van der Waals surface area contributed by atoms with Crippen molar-refractivity contribution in [2.45, 2.75) is 39.2 Å². The molecule has 0 aliphatic carbocycles. The van der Waals surface area contributed by atoms with E-state index in [1.54, 1.807) is 0 Å². The molecule has 0 bridgehead atoms. The Hall–Kier alpha value is -2.29. The van der Waals surface area contributed by atoms with E-state index < -0.39 is 28.5 Å². The first-order valence-corrected chi connectivity index (χ1v) is 13.7.